The van der Waals surface area contributed by atoms with E-state index in [0.717, 1.165) is 31.5 Å². The van der Waals surface area contributed by atoms with Crippen molar-refractivity contribution in [2.24, 2.45) is 5.92 Å². The molecule has 1 saturated heterocycles. The van der Waals surface area contributed by atoms with Gasteiger partial charge in [0, 0.05) is 10.6 Å². The molecule has 2 rings (SSSR count). The van der Waals surface area contributed by atoms with Gasteiger partial charge in [-0.25, -0.2) is 4.39 Å². The number of nitrogens with one attached hydrogen (secondary N) is 1. The van der Waals surface area contributed by atoms with Crippen LogP contribution >= 0.6 is 11.6 Å². The van der Waals surface area contributed by atoms with E-state index < -0.39 is 0 Å². The van der Waals surface area contributed by atoms with E-state index in [1.165, 1.54) is 19.6 Å². The van der Waals surface area contributed by atoms with E-state index in [1.807, 2.05) is 0 Å². The van der Waals surface area contributed by atoms with E-state index >= 15 is 0 Å². The van der Waals surface area contributed by atoms with Gasteiger partial charge in [0.2, 0.25) is 0 Å². The molecule has 1 N–H and O–H groups in total. The largest absolute Gasteiger partial charge is 0.493 e. The zero-order valence-electron chi connectivity index (χ0n) is 9.93. The number of rotatable bonds is 3. The van der Waals surface area contributed by atoms with E-state index in [4.69, 9.17) is 16.3 Å². The molecule has 0 spiro atoms. The van der Waals surface area contributed by atoms with Gasteiger partial charge in [-0.3, -0.25) is 0 Å². The molecule has 1 aromatic carbocycles. The summed E-state index contributed by atoms with van der Waals surface area (Å²) in [7, 11) is 1.48. The molecule has 1 aliphatic heterocycles. The Morgan fingerprint density at radius 2 is 2.35 bits per heavy atom. The third kappa shape index (κ3) is 2.90. The molecule has 1 heterocycles. The van der Waals surface area contributed by atoms with Crippen LogP contribution in [-0.4, -0.2) is 20.2 Å². The molecular formula is C13H17ClFNO. The van der Waals surface area contributed by atoms with Crippen molar-refractivity contribution in [3.8, 4) is 5.75 Å². The van der Waals surface area contributed by atoms with Crippen molar-refractivity contribution in [1.82, 2.24) is 5.32 Å². The number of ether oxygens (including phenoxy) is 1. The van der Waals surface area contributed by atoms with Crippen LogP contribution < -0.4 is 10.1 Å². The molecule has 0 aliphatic carbocycles. The van der Waals surface area contributed by atoms with E-state index in [-0.39, 0.29) is 5.82 Å². The van der Waals surface area contributed by atoms with Crippen LogP contribution in [0.2, 0.25) is 5.02 Å². The van der Waals surface area contributed by atoms with Gasteiger partial charge in [-0.2, -0.15) is 0 Å². The number of piperidine rings is 1. The first-order chi connectivity index (χ1) is 8.22. The topological polar surface area (TPSA) is 21.3 Å². The molecule has 1 aliphatic rings. The number of hydrogen-bond acceptors (Lipinski definition) is 2. The fraction of sp³-hybridized carbons (Fsp3) is 0.538. The monoisotopic (exact) mass is 257 g/mol. The van der Waals surface area contributed by atoms with Gasteiger partial charge < -0.3 is 10.1 Å². The van der Waals surface area contributed by atoms with Gasteiger partial charge in [0.15, 0.2) is 11.6 Å². The first-order valence-electron chi connectivity index (χ1n) is 5.94. The highest BCUT2D eigenvalue weighted by atomic mass is 35.5. The second-order valence-corrected chi connectivity index (χ2v) is 4.86. The molecular weight excluding hydrogens is 241 g/mol. The van der Waals surface area contributed by atoms with Gasteiger partial charge in [-0.1, -0.05) is 11.6 Å². The molecule has 1 atom stereocenters. The highest BCUT2D eigenvalue weighted by molar-refractivity contribution is 6.31. The van der Waals surface area contributed by atoms with Crippen LogP contribution in [0.1, 0.15) is 18.4 Å². The quantitative estimate of drug-likeness (QED) is 0.899. The summed E-state index contributed by atoms with van der Waals surface area (Å²) in [4.78, 5) is 0. The molecule has 0 amide bonds. The Labute approximate surface area is 106 Å². The molecule has 0 bridgehead atoms. The Kier molecular flexibility index (Phi) is 4.24. The SMILES string of the molecule is COc1c(F)ccc(Cl)c1CC1CCCNC1. The smallest absolute Gasteiger partial charge is 0.165 e. The fourth-order valence-corrected chi connectivity index (χ4v) is 2.60. The summed E-state index contributed by atoms with van der Waals surface area (Å²) in [6.07, 6.45) is 3.09. The maximum atomic E-state index is 13.6. The summed E-state index contributed by atoms with van der Waals surface area (Å²) in [5, 5.41) is 3.94. The maximum absolute atomic E-state index is 13.6. The molecule has 1 aromatic rings. The Morgan fingerprint density at radius 3 is 3.00 bits per heavy atom. The highest BCUT2D eigenvalue weighted by Crippen LogP contribution is 2.32. The van der Waals surface area contributed by atoms with Crippen LogP contribution in [0, 0.1) is 11.7 Å². The zero-order chi connectivity index (χ0) is 12.3. The molecule has 1 unspecified atom stereocenters. The van der Waals surface area contributed by atoms with Crippen molar-refractivity contribution in [2.75, 3.05) is 20.2 Å². The van der Waals surface area contributed by atoms with Crippen molar-refractivity contribution < 1.29 is 9.13 Å². The van der Waals surface area contributed by atoms with Crippen molar-refractivity contribution in [3.63, 3.8) is 0 Å². The highest BCUT2D eigenvalue weighted by Gasteiger charge is 2.19. The number of methoxy groups -OCH3 is 1. The van der Waals surface area contributed by atoms with E-state index in [2.05, 4.69) is 5.32 Å². The van der Waals surface area contributed by atoms with Crippen LogP contribution in [0.5, 0.6) is 5.75 Å². The third-order valence-corrected chi connectivity index (χ3v) is 3.61. The summed E-state index contributed by atoms with van der Waals surface area (Å²) in [5.41, 5.74) is 0.794. The number of halogens is 2. The molecule has 17 heavy (non-hydrogen) atoms. The van der Waals surface area contributed by atoms with Crippen LogP contribution in [0.3, 0.4) is 0 Å². The lowest BCUT2D eigenvalue weighted by atomic mass is 9.92. The van der Waals surface area contributed by atoms with E-state index in [1.54, 1.807) is 6.07 Å². The van der Waals surface area contributed by atoms with Crippen molar-refractivity contribution in [2.45, 2.75) is 19.3 Å². The van der Waals surface area contributed by atoms with Gasteiger partial charge in [0.05, 0.1) is 7.11 Å². The van der Waals surface area contributed by atoms with Crippen LogP contribution in [0.25, 0.3) is 0 Å². The van der Waals surface area contributed by atoms with E-state index in [0.29, 0.717) is 16.7 Å². The molecule has 0 saturated carbocycles. The predicted molar refractivity (Wildman–Crippen MR) is 67.3 cm³/mol. The van der Waals surface area contributed by atoms with Crippen LogP contribution in [0.15, 0.2) is 12.1 Å². The second-order valence-electron chi connectivity index (χ2n) is 4.46. The summed E-state index contributed by atoms with van der Waals surface area (Å²) < 4.78 is 18.7. The van der Waals surface area contributed by atoms with Gasteiger partial charge in [0.25, 0.3) is 0 Å². The lowest BCUT2D eigenvalue weighted by Gasteiger charge is -2.24. The summed E-state index contributed by atoms with van der Waals surface area (Å²) in [6, 6.07) is 2.95. The lowest BCUT2D eigenvalue weighted by Crippen LogP contribution is -2.31. The maximum Gasteiger partial charge on any atom is 0.165 e. The molecule has 4 heteroatoms. The minimum atomic E-state index is -0.337. The number of benzene rings is 1. The van der Waals surface area contributed by atoms with Gasteiger partial charge in [-0.05, 0) is 50.4 Å². The minimum Gasteiger partial charge on any atom is -0.493 e. The first-order valence-corrected chi connectivity index (χ1v) is 6.31. The normalized spacial score (nSPS) is 20.3. The number of hydrogen-bond donors (Lipinski definition) is 1. The second kappa shape index (κ2) is 5.69. The Bertz CT molecular complexity index is 391. The van der Waals surface area contributed by atoms with Gasteiger partial charge >= 0.3 is 0 Å². The average molecular weight is 258 g/mol. The predicted octanol–water partition coefficient (Wildman–Crippen LogP) is 3.03. The fourth-order valence-electron chi connectivity index (χ4n) is 2.37. The van der Waals surface area contributed by atoms with Crippen molar-refractivity contribution in [3.05, 3.63) is 28.5 Å². The van der Waals surface area contributed by atoms with Gasteiger partial charge in [-0.15, -0.1) is 0 Å². The van der Waals surface area contributed by atoms with Crippen LogP contribution in [0.4, 0.5) is 4.39 Å². The Morgan fingerprint density at radius 1 is 1.53 bits per heavy atom. The zero-order valence-corrected chi connectivity index (χ0v) is 10.7. The Balaban J connectivity index is 2.21. The van der Waals surface area contributed by atoms with Crippen LogP contribution in [-0.2, 0) is 6.42 Å². The van der Waals surface area contributed by atoms with Gasteiger partial charge in [0.1, 0.15) is 0 Å². The summed E-state index contributed by atoms with van der Waals surface area (Å²) >= 11 is 6.13. The Hall–Kier alpha value is -0.800. The molecule has 0 aromatic heterocycles. The lowest BCUT2D eigenvalue weighted by molar-refractivity contribution is 0.354. The van der Waals surface area contributed by atoms with E-state index in [9.17, 15) is 4.39 Å². The summed E-state index contributed by atoms with van der Waals surface area (Å²) in [5.74, 6) is 0.468. The molecule has 0 radical (unpaired) electrons. The van der Waals surface area contributed by atoms with Crippen molar-refractivity contribution >= 4 is 11.6 Å². The standard InChI is InChI=1S/C13H17ClFNO/c1-17-13-10(11(14)4-5-12(13)15)7-9-3-2-6-16-8-9/h4-5,9,16H,2-3,6-8H2,1H3. The minimum absolute atomic E-state index is 0.295. The molecule has 94 valence electrons. The average Bonchev–Trinajstić information content (AvgIpc) is 2.35. The third-order valence-electron chi connectivity index (χ3n) is 3.25. The summed E-state index contributed by atoms with van der Waals surface area (Å²) in [6.45, 7) is 2.04. The molecule has 1 fully saturated rings. The molecule has 2 nitrogen and oxygen atoms in total. The first kappa shape index (κ1) is 12.7. The van der Waals surface area contributed by atoms with Crippen molar-refractivity contribution in [1.29, 1.82) is 0 Å².